The van der Waals surface area contributed by atoms with Crippen LogP contribution in [0.25, 0.3) is 0 Å². The van der Waals surface area contributed by atoms with E-state index >= 15 is 0 Å². The van der Waals surface area contributed by atoms with Crippen molar-refractivity contribution in [1.82, 2.24) is 0 Å². The molecule has 2 aromatic carbocycles. The van der Waals surface area contributed by atoms with Crippen LogP contribution in [0, 0.1) is 6.92 Å². The molecule has 0 aliphatic carbocycles. The zero-order valence-electron chi connectivity index (χ0n) is 13.5. The predicted molar refractivity (Wildman–Crippen MR) is 98.8 cm³/mol. The summed E-state index contributed by atoms with van der Waals surface area (Å²) in [6.07, 6.45) is 8.88. The zero-order valence-corrected chi connectivity index (χ0v) is 13.5. The Labute approximate surface area is 134 Å². The minimum atomic E-state index is 0.802. The molecule has 1 heteroatoms. The van der Waals surface area contributed by atoms with Crippen molar-refractivity contribution in [2.24, 2.45) is 0 Å². The van der Waals surface area contributed by atoms with Crippen LogP contribution in [-0.2, 0) is 6.42 Å². The van der Waals surface area contributed by atoms with Crippen molar-refractivity contribution < 1.29 is 0 Å². The highest BCUT2D eigenvalue weighted by molar-refractivity contribution is 5.41. The second kappa shape index (κ2) is 10.2. The van der Waals surface area contributed by atoms with E-state index in [4.69, 9.17) is 5.73 Å². The molecule has 0 amide bonds. The van der Waals surface area contributed by atoms with Crippen LogP contribution >= 0.6 is 0 Å². The third-order valence-corrected chi connectivity index (χ3v) is 3.09. The number of anilines is 1. The van der Waals surface area contributed by atoms with E-state index in [0.717, 1.165) is 12.1 Å². The van der Waals surface area contributed by atoms with E-state index in [9.17, 15) is 0 Å². The van der Waals surface area contributed by atoms with Crippen LogP contribution in [0.2, 0.25) is 0 Å². The summed E-state index contributed by atoms with van der Waals surface area (Å²) in [5.74, 6) is 0. The average molecular weight is 291 g/mol. The Morgan fingerprint density at radius 2 is 1.68 bits per heavy atom. The molecule has 0 fully saturated rings. The van der Waals surface area contributed by atoms with Gasteiger partial charge in [0.25, 0.3) is 0 Å². The largest absolute Gasteiger partial charge is 0.399 e. The Kier molecular flexibility index (Phi) is 8.14. The minimum absolute atomic E-state index is 0.802. The van der Waals surface area contributed by atoms with Gasteiger partial charge in [0.05, 0.1) is 0 Å². The molecule has 0 bridgehead atoms. The molecular weight excluding hydrogens is 266 g/mol. The zero-order chi connectivity index (χ0) is 16.2. The van der Waals surface area contributed by atoms with Crippen molar-refractivity contribution in [2.75, 3.05) is 5.73 Å². The number of nitrogen functional groups attached to an aromatic ring is 1. The van der Waals surface area contributed by atoms with Gasteiger partial charge < -0.3 is 5.73 Å². The molecule has 2 rings (SSSR count). The number of rotatable bonds is 4. The van der Waals surface area contributed by atoms with Gasteiger partial charge in [-0.1, -0.05) is 78.9 Å². The fourth-order valence-corrected chi connectivity index (χ4v) is 1.82. The highest BCUT2D eigenvalue weighted by Gasteiger charge is 1.95. The van der Waals surface area contributed by atoms with Crippen LogP contribution in [-0.4, -0.2) is 0 Å². The molecule has 0 aliphatic heterocycles. The van der Waals surface area contributed by atoms with Gasteiger partial charge in [-0.15, -0.1) is 0 Å². The van der Waals surface area contributed by atoms with Crippen molar-refractivity contribution in [3.05, 3.63) is 102 Å². The van der Waals surface area contributed by atoms with Crippen molar-refractivity contribution in [3.63, 3.8) is 0 Å². The second-order valence-electron chi connectivity index (χ2n) is 5.04. The van der Waals surface area contributed by atoms with Crippen molar-refractivity contribution >= 4 is 5.69 Å². The number of benzene rings is 2. The summed E-state index contributed by atoms with van der Waals surface area (Å²) in [6.45, 7) is 7.88. The van der Waals surface area contributed by atoms with Crippen LogP contribution < -0.4 is 5.73 Å². The molecule has 0 unspecified atom stereocenters. The number of nitrogens with two attached hydrogens (primary N) is 1. The van der Waals surface area contributed by atoms with Crippen LogP contribution in [0.5, 0.6) is 0 Å². The summed E-state index contributed by atoms with van der Waals surface area (Å²) in [4.78, 5) is 0. The van der Waals surface area contributed by atoms with E-state index in [1.165, 1.54) is 16.7 Å². The maximum absolute atomic E-state index is 5.62. The molecule has 0 radical (unpaired) electrons. The summed E-state index contributed by atoms with van der Waals surface area (Å²) in [6, 6.07) is 18.2. The van der Waals surface area contributed by atoms with Crippen LogP contribution in [0.3, 0.4) is 0 Å². The Hall–Kier alpha value is -2.54. The summed E-state index contributed by atoms with van der Waals surface area (Å²) in [7, 11) is 0. The molecule has 0 saturated heterocycles. The predicted octanol–water partition coefficient (Wildman–Crippen LogP) is 5.49. The molecule has 2 N–H and O–H groups in total. The van der Waals surface area contributed by atoms with Gasteiger partial charge in [0.2, 0.25) is 0 Å². The standard InChI is InChI=1S/C14H17N.C7H8/c1-3-5-6-12(4-2)11-13-7-9-14(15)10-8-13;1-7-5-3-2-4-6-7/h3-10H,2,11,15H2,1H3;2-6H,1H3/b5-3-,12-6+;. The lowest BCUT2D eigenvalue weighted by molar-refractivity contribution is 1.20. The summed E-state index contributed by atoms with van der Waals surface area (Å²) in [5.41, 5.74) is 10.2. The third kappa shape index (κ3) is 7.30. The fraction of sp³-hybridized carbons (Fsp3) is 0.143. The quantitative estimate of drug-likeness (QED) is 0.584. The van der Waals surface area contributed by atoms with Crippen molar-refractivity contribution in [1.29, 1.82) is 0 Å². The molecule has 0 heterocycles. The molecule has 1 nitrogen and oxygen atoms in total. The molecular formula is C21H25N. The van der Waals surface area contributed by atoms with E-state index < -0.39 is 0 Å². The molecule has 0 aromatic heterocycles. The maximum Gasteiger partial charge on any atom is 0.0314 e. The smallest absolute Gasteiger partial charge is 0.0314 e. The SMILES string of the molecule is C=C/C(=C\C=C/C)Cc1ccc(N)cc1.Cc1ccccc1. The lowest BCUT2D eigenvalue weighted by Gasteiger charge is -2.02. The Morgan fingerprint density at radius 1 is 1.05 bits per heavy atom. The lowest BCUT2D eigenvalue weighted by Crippen LogP contribution is -1.89. The summed E-state index contributed by atoms with van der Waals surface area (Å²) >= 11 is 0. The highest BCUT2D eigenvalue weighted by atomic mass is 14.5. The summed E-state index contributed by atoms with van der Waals surface area (Å²) < 4.78 is 0. The van der Waals surface area contributed by atoms with Crippen LogP contribution in [0.15, 0.2) is 91.1 Å². The monoisotopic (exact) mass is 291 g/mol. The third-order valence-electron chi connectivity index (χ3n) is 3.09. The first-order chi connectivity index (χ1) is 10.7. The van der Waals surface area contributed by atoms with E-state index in [-0.39, 0.29) is 0 Å². The van der Waals surface area contributed by atoms with Crippen LogP contribution in [0.1, 0.15) is 18.1 Å². The molecule has 0 atom stereocenters. The normalized spacial score (nSPS) is 10.9. The van der Waals surface area contributed by atoms with Gasteiger partial charge in [-0.05, 0) is 43.5 Å². The topological polar surface area (TPSA) is 26.0 Å². The van der Waals surface area contributed by atoms with E-state index in [1.54, 1.807) is 0 Å². The van der Waals surface area contributed by atoms with Gasteiger partial charge in [-0.2, -0.15) is 0 Å². The maximum atomic E-state index is 5.62. The first-order valence-electron chi connectivity index (χ1n) is 7.46. The Morgan fingerprint density at radius 3 is 2.14 bits per heavy atom. The minimum Gasteiger partial charge on any atom is -0.399 e. The highest BCUT2D eigenvalue weighted by Crippen LogP contribution is 2.11. The molecule has 0 spiro atoms. The average Bonchev–Trinajstić information content (AvgIpc) is 2.54. The van der Waals surface area contributed by atoms with E-state index in [1.807, 2.05) is 67.6 Å². The van der Waals surface area contributed by atoms with Crippen LogP contribution in [0.4, 0.5) is 5.69 Å². The summed E-state index contributed by atoms with van der Waals surface area (Å²) in [5, 5.41) is 0. The Bertz CT molecular complexity index is 604. The molecule has 114 valence electrons. The van der Waals surface area contributed by atoms with Gasteiger partial charge >= 0.3 is 0 Å². The first-order valence-corrected chi connectivity index (χ1v) is 7.46. The number of allylic oxidation sites excluding steroid dienone is 5. The second-order valence-corrected chi connectivity index (χ2v) is 5.04. The van der Waals surface area contributed by atoms with Gasteiger partial charge in [-0.25, -0.2) is 0 Å². The first kappa shape index (κ1) is 17.5. The van der Waals surface area contributed by atoms with Gasteiger partial charge in [-0.3, -0.25) is 0 Å². The molecule has 22 heavy (non-hydrogen) atoms. The van der Waals surface area contributed by atoms with Gasteiger partial charge in [0, 0.05) is 5.69 Å². The van der Waals surface area contributed by atoms with E-state index in [2.05, 4.69) is 31.7 Å². The number of hydrogen-bond acceptors (Lipinski definition) is 1. The van der Waals surface area contributed by atoms with Crippen molar-refractivity contribution in [3.8, 4) is 0 Å². The number of aryl methyl sites for hydroxylation is 1. The number of hydrogen-bond donors (Lipinski definition) is 1. The fourth-order valence-electron chi connectivity index (χ4n) is 1.82. The van der Waals surface area contributed by atoms with Gasteiger partial charge in [0.1, 0.15) is 0 Å². The Balaban J connectivity index is 0.000000287. The molecule has 0 aliphatic rings. The molecule has 0 saturated carbocycles. The van der Waals surface area contributed by atoms with E-state index in [0.29, 0.717) is 0 Å². The molecule has 2 aromatic rings. The van der Waals surface area contributed by atoms with Gasteiger partial charge in [0.15, 0.2) is 0 Å². The van der Waals surface area contributed by atoms with Crippen molar-refractivity contribution in [2.45, 2.75) is 20.3 Å². The lowest BCUT2D eigenvalue weighted by atomic mass is 10.0.